The number of carboxylic acids is 1. The molecule has 2 aromatic carbocycles. The van der Waals surface area contributed by atoms with Gasteiger partial charge in [-0.15, -0.1) is 0 Å². The third-order valence-corrected chi connectivity index (χ3v) is 4.80. The van der Waals surface area contributed by atoms with Crippen LogP contribution in [0.15, 0.2) is 51.7 Å². The van der Waals surface area contributed by atoms with Crippen LogP contribution in [0.5, 0.6) is 5.75 Å². The summed E-state index contributed by atoms with van der Waals surface area (Å²) in [6, 6.07) is 12.9. The first-order valence-electron chi connectivity index (χ1n) is 7.98. The highest BCUT2D eigenvalue weighted by atomic mass is 79.9. The summed E-state index contributed by atoms with van der Waals surface area (Å²) < 4.78 is 0.965. The first-order chi connectivity index (χ1) is 12.9. The SMILES string of the molecule is O=C(O)CNC(=O)c1c(O)c2ccc(Cc3ccccc3Br)cc2[nH]c1=O. The van der Waals surface area contributed by atoms with Gasteiger partial charge in [0, 0.05) is 9.86 Å². The minimum absolute atomic E-state index is 0.297. The zero-order valence-electron chi connectivity index (χ0n) is 14.0. The van der Waals surface area contributed by atoms with E-state index in [0.717, 1.165) is 15.6 Å². The van der Waals surface area contributed by atoms with Crippen molar-refractivity contribution in [3.63, 3.8) is 0 Å². The summed E-state index contributed by atoms with van der Waals surface area (Å²) in [6.45, 7) is -0.652. The lowest BCUT2D eigenvalue weighted by Crippen LogP contribution is -2.33. The number of fused-ring (bicyclic) bond motifs is 1. The van der Waals surface area contributed by atoms with Crippen molar-refractivity contribution >= 4 is 38.7 Å². The number of carbonyl (C=O) groups excluding carboxylic acids is 1. The number of aromatic amines is 1. The van der Waals surface area contributed by atoms with Gasteiger partial charge in [0.05, 0.1) is 5.52 Å². The van der Waals surface area contributed by atoms with Crippen molar-refractivity contribution in [3.8, 4) is 5.75 Å². The molecule has 4 N–H and O–H groups in total. The van der Waals surface area contributed by atoms with Crippen LogP contribution in [-0.2, 0) is 11.2 Å². The Balaban J connectivity index is 1.98. The highest BCUT2D eigenvalue weighted by Crippen LogP contribution is 2.27. The number of halogens is 1. The van der Waals surface area contributed by atoms with E-state index in [1.54, 1.807) is 18.2 Å². The van der Waals surface area contributed by atoms with Crippen molar-refractivity contribution < 1.29 is 19.8 Å². The molecule has 0 saturated heterocycles. The molecule has 1 amide bonds. The van der Waals surface area contributed by atoms with E-state index in [1.165, 1.54) is 0 Å². The first-order valence-corrected chi connectivity index (χ1v) is 8.77. The van der Waals surface area contributed by atoms with Gasteiger partial charge in [0.1, 0.15) is 17.9 Å². The molecule has 7 nitrogen and oxygen atoms in total. The standard InChI is InChI=1S/C19H15BrN2O5/c20-13-4-2-1-3-11(13)7-10-5-6-12-14(8-10)22-19(27)16(17(12)25)18(26)21-9-15(23)24/h1-6,8H,7,9H2,(H,21,26)(H,23,24)(H2,22,25,27). The largest absolute Gasteiger partial charge is 0.506 e. The second kappa shape index (κ2) is 7.63. The number of rotatable bonds is 5. The number of hydrogen-bond donors (Lipinski definition) is 4. The number of aliphatic carboxylic acids is 1. The van der Waals surface area contributed by atoms with E-state index >= 15 is 0 Å². The van der Waals surface area contributed by atoms with Gasteiger partial charge in [-0.3, -0.25) is 14.4 Å². The quantitative estimate of drug-likeness (QED) is 0.495. The van der Waals surface area contributed by atoms with Crippen molar-refractivity contribution in [1.82, 2.24) is 10.3 Å². The van der Waals surface area contributed by atoms with E-state index in [4.69, 9.17) is 5.11 Å². The van der Waals surface area contributed by atoms with Gasteiger partial charge in [-0.2, -0.15) is 0 Å². The summed E-state index contributed by atoms with van der Waals surface area (Å²) >= 11 is 3.49. The molecule has 0 saturated carbocycles. The molecular weight excluding hydrogens is 416 g/mol. The molecule has 0 aliphatic rings. The van der Waals surface area contributed by atoms with Crippen LogP contribution in [0, 0.1) is 0 Å². The molecule has 27 heavy (non-hydrogen) atoms. The summed E-state index contributed by atoms with van der Waals surface area (Å²) in [6.07, 6.45) is 0.612. The molecule has 0 radical (unpaired) electrons. The average Bonchev–Trinajstić information content (AvgIpc) is 2.61. The average molecular weight is 431 g/mol. The van der Waals surface area contributed by atoms with E-state index in [0.29, 0.717) is 17.3 Å². The Morgan fingerprint density at radius 1 is 1.15 bits per heavy atom. The molecule has 0 aliphatic carbocycles. The van der Waals surface area contributed by atoms with E-state index in [-0.39, 0.29) is 0 Å². The summed E-state index contributed by atoms with van der Waals surface area (Å²) in [4.78, 5) is 37.4. The number of hydrogen-bond acceptors (Lipinski definition) is 4. The Hall–Kier alpha value is -3.13. The normalized spacial score (nSPS) is 10.7. The number of benzene rings is 2. The molecule has 0 fully saturated rings. The highest BCUT2D eigenvalue weighted by molar-refractivity contribution is 9.10. The van der Waals surface area contributed by atoms with Gasteiger partial charge in [0.25, 0.3) is 11.5 Å². The summed E-state index contributed by atoms with van der Waals surface area (Å²) in [5.74, 6) is -2.68. The first kappa shape index (κ1) is 18.7. The highest BCUT2D eigenvalue weighted by Gasteiger charge is 2.19. The van der Waals surface area contributed by atoms with Crippen molar-refractivity contribution in [1.29, 1.82) is 0 Å². The van der Waals surface area contributed by atoms with Gasteiger partial charge in [-0.05, 0) is 35.7 Å². The lowest BCUT2D eigenvalue weighted by molar-refractivity contribution is -0.135. The summed E-state index contributed by atoms with van der Waals surface area (Å²) in [5.41, 5.74) is 1.06. The van der Waals surface area contributed by atoms with Crippen LogP contribution in [0.2, 0.25) is 0 Å². The molecule has 0 spiro atoms. The van der Waals surface area contributed by atoms with Crippen molar-refractivity contribution in [3.05, 3.63) is 74.0 Å². The molecule has 3 rings (SSSR count). The smallest absolute Gasteiger partial charge is 0.322 e. The fourth-order valence-electron chi connectivity index (χ4n) is 2.75. The number of carboxylic acid groups (broad SMARTS) is 1. The van der Waals surface area contributed by atoms with Gasteiger partial charge < -0.3 is 20.5 Å². The Morgan fingerprint density at radius 2 is 1.89 bits per heavy atom. The maximum Gasteiger partial charge on any atom is 0.322 e. The van der Waals surface area contributed by atoms with Crippen LogP contribution in [0.1, 0.15) is 21.5 Å². The number of aromatic hydroxyl groups is 1. The maximum absolute atomic E-state index is 12.2. The third kappa shape index (κ3) is 4.01. The predicted molar refractivity (Wildman–Crippen MR) is 103 cm³/mol. The topological polar surface area (TPSA) is 119 Å². The van der Waals surface area contributed by atoms with Crippen LogP contribution < -0.4 is 10.9 Å². The van der Waals surface area contributed by atoms with E-state index in [1.807, 2.05) is 24.3 Å². The number of amides is 1. The molecule has 0 atom stereocenters. The molecule has 3 aromatic rings. The monoisotopic (exact) mass is 430 g/mol. The van der Waals surface area contributed by atoms with E-state index < -0.39 is 35.3 Å². The van der Waals surface area contributed by atoms with E-state index in [9.17, 15) is 19.5 Å². The molecule has 0 aliphatic heterocycles. The Kier molecular flexibility index (Phi) is 5.27. The van der Waals surface area contributed by atoms with Crippen molar-refractivity contribution in [2.45, 2.75) is 6.42 Å². The zero-order valence-corrected chi connectivity index (χ0v) is 15.5. The second-order valence-electron chi connectivity index (χ2n) is 5.90. The Labute approximate surface area is 161 Å². The van der Waals surface area contributed by atoms with Crippen molar-refractivity contribution in [2.24, 2.45) is 0 Å². The van der Waals surface area contributed by atoms with Crippen LogP contribution >= 0.6 is 15.9 Å². The van der Waals surface area contributed by atoms with Gasteiger partial charge >= 0.3 is 5.97 Å². The molecular formula is C19H15BrN2O5. The van der Waals surface area contributed by atoms with Gasteiger partial charge in [0.2, 0.25) is 0 Å². The van der Waals surface area contributed by atoms with E-state index in [2.05, 4.69) is 26.2 Å². The summed E-state index contributed by atoms with van der Waals surface area (Å²) in [7, 11) is 0. The lowest BCUT2D eigenvalue weighted by atomic mass is 10.0. The number of pyridine rings is 1. The van der Waals surface area contributed by atoms with Gasteiger partial charge in [-0.25, -0.2) is 0 Å². The second-order valence-corrected chi connectivity index (χ2v) is 6.76. The molecule has 8 heteroatoms. The Morgan fingerprint density at radius 3 is 2.59 bits per heavy atom. The lowest BCUT2D eigenvalue weighted by Gasteiger charge is -2.10. The molecule has 1 aromatic heterocycles. The number of carbonyl (C=O) groups is 2. The molecule has 0 unspecified atom stereocenters. The maximum atomic E-state index is 12.2. The number of aromatic nitrogens is 1. The third-order valence-electron chi connectivity index (χ3n) is 4.03. The fourth-order valence-corrected chi connectivity index (χ4v) is 3.18. The molecule has 0 bridgehead atoms. The Bertz CT molecular complexity index is 1110. The number of H-pyrrole nitrogens is 1. The minimum Gasteiger partial charge on any atom is -0.506 e. The van der Waals surface area contributed by atoms with Crippen LogP contribution in [0.3, 0.4) is 0 Å². The number of nitrogens with one attached hydrogen (secondary N) is 2. The van der Waals surface area contributed by atoms with Gasteiger partial charge in [-0.1, -0.05) is 40.2 Å². The van der Waals surface area contributed by atoms with Crippen LogP contribution in [-0.4, -0.2) is 33.6 Å². The molecule has 1 heterocycles. The summed E-state index contributed by atoms with van der Waals surface area (Å²) in [5, 5.41) is 21.3. The minimum atomic E-state index is -1.25. The van der Waals surface area contributed by atoms with Crippen molar-refractivity contribution in [2.75, 3.05) is 6.54 Å². The zero-order chi connectivity index (χ0) is 19.6. The molecule has 138 valence electrons. The van der Waals surface area contributed by atoms with Crippen LogP contribution in [0.4, 0.5) is 0 Å². The van der Waals surface area contributed by atoms with Gasteiger partial charge in [0.15, 0.2) is 0 Å². The fraction of sp³-hybridized carbons (Fsp3) is 0.105. The van der Waals surface area contributed by atoms with Crippen LogP contribution in [0.25, 0.3) is 10.9 Å². The predicted octanol–water partition coefficient (Wildman–Crippen LogP) is 2.40.